The zero-order valence-corrected chi connectivity index (χ0v) is 14.8. The molecule has 1 atom stereocenters. The van der Waals surface area contributed by atoms with Gasteiger partial charge in [-0.05, 0) is 37.5 Å². The summed E-state index contributed by atoms with van der Waals surface area (Å²) in [6.45, 7) is 0.381. The molecule has 1 aromatic carbocycles. The number of fused-ring (bicyclic) bond motifs is 1. The molecule has 0 spiro atoms. The Labute approximate surface area is 150 Å². The van der Waals surface area contributed by atoms with Crippen LogP contribution in [0.1, 0.15) is 25.0 Å². The topological polar surface area (TPSA) is 83.7 Å². The molecule has 138 valence electrons. The number of hydrogen-bond donors (Lipinski definition) is 0. The molecule has 0 saturated carbocycles. The number of nitrogens with zero attached hydrogens (tertiary/aromatic N) is 3. The van der Waals surface area contributed by atoms with E-state index in [9.17, 15) is 17.6 Å². The maximum absolute atomic E-state index is 13.3. The number of urea groups is 1. The highest BCUT2D eigenvalue weighted by Gasteiger charge is 2.43. The molecule has 2 saturated heterocycles. The first kappa shape index (κ1) is 17.0. The Morgan fingerprint density at radius 2 is 2.15 bits per heavy atom. The van der Waals surface area contributed by atoms with E-state index in [1.54, 1.807) is 11.0 Å². The first-order chi connectivity index (χ1) is 12.4. The van der Waals surface area contributed by atoms with E-state index in [1.807, 2.05) is 0 Å². The lowest BCUT2D eigenvalue weighted by atomic mass is 10.0. The maximum Gasteiger partial charge on any atom is 0.334 e. The molecule has 1 unspecified atom stereocenters. The van der Waals surface area contributed by atoms with Gasteiger partial charge >= 0.3 is 6.03 Å². The Bertz CT molecular complexity index is 943. The third kappa shape index (κ3) is 3.07. The number of rotatable bonds is 3. The Morgan fingerprint density at radius 1 is 1.31 bits per heavy atom. The van der Waals surface area contributed by atoms with Gasteiger partial charge in [-0.25, -0.2) is 26.9 Å². The molecule has 7 nitrogen and oxygen atoms in total. The van der Waals surface area contributed by atoms with Crippen molar-refractivity contribution in [2.24, 2.45) is 0 Å². The molecule has 0 N–H and O–H groups in total. The van der Waals surface area contributed by atoms with Crippen LogP contribution in [0.5, 0.6) is 0 Å². The summed E-state index contributed by atoms with van der Waals surface area (Å²) in [5.41, 5.74) is 0.747. The van der Waals surface area contributed by atoms with Crippen molar-refractivity contribution in [1.82, 2.24) is 14.2 Å². The minimum Gasteiger partial charge on any atom is -0.444 e. The zero-order valence-electron chi connectivity index (χ0n) is 14.0. The molecule has 0 radical (unpaired) electrons. The number of benzene rings is 1. The van der Waals surface area contributed by atoms with Crippen LogP contribution in [0.4, 0.5) is 9.18 Å². The summed E-state index contributed by atoms with van der Waals surface area (Å²) in [6.07, 6.45) is 3.83. The van der Waals surface area contributed by atoms with Gasteiger partial charge in [-0.1, -0.05) is 6.07 Å². The zero-order chi connectivity index (χ0) is 18.3. The summed E-state index contributed by atoms with van der Waals surface area (Å²) in [5.74, 6) is -0.308. The van der Waals surface area contributed by atoms with E-state index in [0.29, 0.717) is 24.2 Å². The van der Waals surface area contributed by atoms with Gasteiger partial charge in [0.1, 0.15) is 17.8 Å². The van der Waals surface area contributed by atoms with Crippen molar-refractivity contribution in [3.63, 3.8) is 0 Å². The molecule has 4 rings (SSSR count). The van der Waals surface area contributed by atoms with Gasteiger partial charge in [0.2, 0.25) is 15.9 Å². The Hall–Kier alpha value is -2.42. The van der Waals surface area contributed by atoms with Gasteiger partial charge in [0.15, 0.2) is 0 Å². The molecule has 0 aliphatic carbocycles. The molecule has 0 bridgehead atoms. The van der Waals surface area contributed by atoms with Crippen LogP contribution in [0, 0.1) is 5.82 Å². The lowest BCUT2D eigenvalue weighted by Crippen LogP contribution is -2.60. The Balaban J connectivity index is 1.57. The average molecular weight is 379 g/mol. The molecular weight excluding hydrogens is 361 g/mol. The predicted molar refractivity (Wildman–Crippen MR) is 91.0 cm³/mol. The van der Waals surface area contributed by atoms with Gasteiger partial charge in [-0.15, -0.1) is 0 Å². The fourth-order valence-electron chi connectivity index (χ4n) is 3.47. The van der Waals surface area contributed by atoms with Gasteiger partial charge in [-0.2, -0.15) is 0 Å². The average Bonchev–Trinajstić information content (AvgIpc) is 3.07. The Kier molecular flexibility index (Phi) is 4.18. The number of oxazole rings is 1. The minimum atomic E-state index is -3.70. The summed E-state index contributed by atoms with van der Waals surface area (Å²) < 4.78 is 44.6. The molecular formula is C17H18FN3O4S. The minimum absolute atomic E-state index is 0.0622. The number of aromatic nitrogens is 1. The summed E-state index contributed by atoms with van der Waals surface area (Å²) in [4.78, 5) is 18.5. The van der Waals surface area contributed by atoms with E-state index in [-0.39, 0.29) is 24.2 Å². The molecule has 2 aromatic rings. The number of halogens is 1. The van der Waals surface area contributed by atoms with Crippen molar-refractivity contribution in [2.75, 3.05) is 12.3 Å². The maximum atomic E-state index is 13.3. The number of hydrogen-bond acceptors (Lipinski definition) is 5. The van der Waals surface area contributed by atoms with Crippen LogP contribution in [0.15, 0.2) is 34.9 Å². The summed E-state index contributed by atoms with van der Waals surface area (Å²) in [5, 5.41) is 0. The van der Waals surface area contributed by atoms with Gasteiger partial charge in [0.05, 0.1) is 12.3 Å². The molecule has 2 fully saturated rings. The van der Waals surface area contributed by atoms with Crippen LogP contribution < -0.4 is 0 Å². The Morgan fingerprint density at radius 3 is 2.96 bits per heavy atom. The van der Waals surface area contributed by atoms with Crippen LogP contribution in [0.25, 0.3) is 11.5 Å². The third-order valence-electron chi connectivity index (χ3n) is 4.75. The van der Waals surface area contributed by atoms with E-state index in [1.165, 1.54) is 24.5 Å². The van der Waals surface area contributed by atoms with Crippen LogP contribution >= 0.6 is 0 Å². The summed E-state index contributed by atoms with van der Waals surface area (Å²) in [6, 6.07) is 5.01. The largest absolute Gasteiger partial charge is 0.444 e. The van der Waals surface area contributed by atoms with Crippen LogP contribution in [-0.4, -0.2) is 47.0 Å². The summed E-state index contributed by atoms with van der Waals surface area (Å²) >= 11 is 0. The van der Waals surface area contributed by atoms with Crippen LogP contribution in [-0.2, 0) is 16.6 Å². The first-order valence-electron chi connectivity index (χ1n) is 8.45. The monoisotopic (exact) mass is 379 g/mol. The van der Waals surface area contributed by atoms with E-state index < -0.39 is 21.9 Å². The highest BCUT2D eigenvalue weighted by atomic mass is 32.2. The van der Waals surface area contributed by atoms with Crippen molar-refractivity contribution in [3.8, 4) is 11.5 Å². The fraction of sp³-hybridized carbons (Fsp3) is 0.412. The second kappa shape index (κ2) is 6.39. The molecule has 26 heavy (non-hydrogen) atoms. The quantitative estimate of drug-likeness (QED) is 0.819. The van der Waals surface area contributed by atoms with Crippen molar-refractivity contribution in [3.05, 3.63) is 42.0 Å². The summed E-state index contributed by atoms with van der Waals surface area (Å²) in [7, 11) is -3.70. The standard InChI is InChI=1S/C17H18FN3O4S/c18-13-5-3-4-12(8-13)16-19-14(10-25-16)9-21-17(22)20-7-2-1-6-15(20)11-26(21,23)24/h3-5,8,10,15H,1-2,6-7,9,11H2. The number of piperidine rings is 1. The van der Waals surface area contributed by atoms with Gasteiger partial charge in [0, 0.05) is 18.2 Å². The fourth-order valence-corrected chi connectivity index (χ4v) is 5.15. The molecule has 9 heteroatoms. The van der Waals surface area contributed by atoms with E-state index >= 15 is 0 Å². The van der Waals surface area contributed by atoms with Gasteiger partial charge < -0.3 is 9.32 Å². The van der Waals surface area contributed by atoms with E-state index in [4.69, 9.17) is 4.42 Å². The third-order valence-corrected chi connectivity index (χ3v) is 6.52. The molecule has 3 heterocycles. The van der Waals surface area contributed by atoms with E-state index in [2.05, 4.69) is 4.98 Å². The van der Waals surface area contributed by atoms with Crippen molar-refractivity contribution < 1.29 is 22.0 Å². The lowest BCUT2D eigenvalue weighted by Gasteiger charge is -2.43. The van der Waals surface area contributed by atoms with Crippen molar-refractivity contribution in [2.45, 2.75) is 31.8 Å². The van der Waals surface area contributed by atoms with Gasteiger partial charge in [0.25, 0.3) is 0 Å². The van der Waals surface area contributed by atoms with Crippen molar-refractivity contribution in [1.29, 1.82) is 0 Å². The molecule has 2 aliphatic rings. The lowest BCUT2D eigenvalue weighted by molar-refractivity contribution is 0.130. The highest BCUT2D eigenvalue weighted by molar-refractivity contribution is 7.89. The van der Waals surface area contributed by atoms with Crippen LogP contribution in [0.3, 0.4) is 0 Å². The van der Waals surface area contributed by atoms with Crippen molar-refractivity contribution >= 4 is 16.1 Å². The number of carbonyl (C=O) groups excluding carboxylic acids is 1. The highest BCUT2D eigenvalue weighted by Crippen LogP contribution is 2.28. The van der Waals surface area contributed by atoms with Crippen LogP contribution in [0.2, 0.25) is 0 Å². The van der Waals surface area contributed by atoms with Gasteiger partial charge in [-0.3, -0.25) is 0 Å². The predicted octanol–water partition coefficient (Wildman–Crippen LogP) is 2.60. The SMILES string of the molecule is O=C1N2CCCCC2CS(=O)(=O)N1Cc1coc(-c2cccc(F)c2)n1. The first-order valence-corrected chi connectivity index (χ1v) is 10.1. The number of sulfonamides is 1. The van der Waals surface area contributed by atoms with E-state index in [0.717, 1.165) is 17.1 Å². The second-order valence-corrected chi connectivity index (χ2v) is 8.50. The molecule has 1 aromatic heterocycles. The second-order valence-electron chi connectivity index (χ2n) is 6.57. The number of amides is 2. The smallest absolute Gasteiger partial charge is 0.334 e. The number of carbonyl (C=O) groups is 1. The normalized spacial score (nSPS) is 22.3. The molecule has 2 aliphatic heterocycles. The molecule has 2 amide bonds.